The Morgan fingerprint density at radius 1 is 1.25 bits per heavy atom. The number of rotatable bonds is 3. The van der Waals surface area contributed by atoms with Crippen LogP contribution in [0, 0.1) is 12.3 Å². The summed E-state index contributed by atoms with van der Waals surface area (Å²) in [5.41, 5.74) is 0.938. The molecule has 0 saturated carbocycles. The second kappa shape index (κ2) is 4.91. The van der Waals surface area contributed by atoms with Crippen molar-refractivity contribution < 1.29 is 9.90 Å². The van der Waals surface area contributed by atoms with Crippen molar-refractivity contribution in [2.45, 2.75) is 37.8 Å². The summed E-state index contributed by atoms with van der Waals surface area (Å²) in [6, 6.07) is 7.96. The predicted octanol–water partition coefficient (Wildman–Crippen LogP) is 3.59. The van der Waals surface area contributed by atoms with Crippen LogP contribution in [-0.4, -0.2) is 16.3 Å². The molecule has 0 aliphatic carbocycles. The van der Waals surface area contributed by atoms with Crippen LogP contribution >= 0.6 is 11.8 Å². The summed E-state index contributed by atoms with van der Waals surface area (Å²) in [4.78, 5) is 12.2. The fourth-order valence-corrected chi connectivity index (χ4v) is 2.37. The monoisotopic (exact) mass is 238 g/mol. The largest absolute Gasteiger partial charge is 0.480 e. The van der Waals surface area contributed by atoms with Crippen molar-refractivity contribution in [3.05, 3.63) is 29.8 Å². The average molecular weight is 238 g/mol. The molecule has 0 amide bonds. The molecule has 0 spiro atoms. The molecule has 1 aromatic rings. The summed E-state index contributed by atoms with van der Waals surface area (Å²) in [6.45, 7) is 7.87. The van der Waals surface area contributed by atoms with Crippen LogP contribution in [0.1, 0.15) is 26.3 Å². The van der Waals surface area contributed by atoms with Gasteiger partial charge in [0.2, 0.25) is 0 Å². The summed E-state index contributed by atoms with van der Waals surface area (Å²) in [5, 5.41) is 8.78. The van der Waals surface area contributed by atoms with E-state index in [1.807, 2.05) is 52.0 Å². The number of hydrogen-bond acceptors (Lipinski definition) is 2. The Labute approximate surface area is 101 Å². The summed E-state index contributed by atoms with van der Waals surface area (Å²) in [7, 11) is 0. The lowest BCUT2D eigenvalue weighted by molar-refractivity contribution is -0.138. The van der Waals surface area contributed by atoms with E-state index in [1.54, 1.807) is 0 Å². The standard InChI is InChI=1S/C13H18O2S/c1-9-5-7-10(8-6-9)16-11(12(14)15)13(2,3)4/h5-8,11H,1-4H3,(H,14,15). The average Bonchev–Trinajstić information content (AvgIpc) is 2.14. The molecule has 2 nitrogen and oxygen atoms in total. The number of aryl methyl sites for hydroxylation is 1. The van der Waals surface area contributed by atoms with Gasteiger partial charge in [-0.15, -0.1) is 11.8 Å². The number of benzene rings is 1. The van der Waals surface area contributed by atoms with Crippen molar-refractivity contribution in [2.75, 3.05) is 0 Å². The van der Waals surface area contributed by atoms with Crippen molar-refractivity contribution in [3.8, 4) is 0 Å². The Morgan fingerprint density at radius 2 is 1.75 bits per heavy atom. The first-order valence-electron chi connectivity index (χ1n) is 5.27. The van der Waals surface area contributed by atoms with Crippen LogP contribution in [0.3, 0.4) is 0 Å². The molecule has 1 aromatic carbocycles. The smallest absolute Gasteiger partial charge is 0.317 e. The van der Waals surface area contributed by atoms with E-state index in [0.29, 0.717) is 0 Å². The van der Waals surface area contributed by atoms with E-state index in [4.69, 9.17) is 0 Å². The van der Waals surface area contributed by atoms with Gasteiger partial charge in [-0.25, -0.2) is 0 Å². The molecule has 0 heterocycles. The number of hydrogen-bond donors (Lipinski definition) is 1. The molecule has 0 saturated heterocycles. The lowest BCUT2D eigenvalue weighted by atomic mass is 9.92. The van der Waals surface area contributed by atoms with Gasteiger partial charge in [0.25, 0.3) is 0 Å². The van der Waals surface area contributed by atoms with Gasteiger partial charge in [-0.05, 0) is 24.5 Å². The molecule has 3 heteroatoms. The highest BCUT2D eigenvalue weighted by molar-refractivity contribution is 8.00. The zero-order chi connectivity index (χ0) is 12.3. The van der Waals surface area contributed by atoms with Gasteiger partial charge in [-0.3, -0.25) is 4.79 Å². The van der Waals surface area contributed by atoms with Gasteiger partial charge in [-0.2, -0.15) is 0 Å². The molecule has 0 aliphatic rings. The summed E-state index contributed by atoms with van der Waals surface area (Å²) in [5.74, 6) is -0.752. The first-order chi connectivity index (χ1) is 7.30. The van der Waals surface area contributed by atoms with Gasteiger partial charge in [0, 0.05) is 4.90 Å². The number of thioether (sulfide) groups is 1. The van der Waals surface area contributed by atoms with Gasteiger partial charge < -0.3 is 5.11 Å². The molecular weight excluding hydrogens is 220 g/mol. The van der Waals surface area contributed by atoms with Gasteiger partial charge in [0.15, 0.2) is 0 Å². The highest BCUT2D eigenvalue weighted by Gasteiger charge is 2.31. The van der Waals surface area contributed by atoms with E-state index in [0.717, 1.165) is 4.90 Å². The molecule has 0 aliphatic heterocycles. The predicted molar refractivity (Wildman–Crippen MR) is 67.9 cm³/mol. The SMILES string of the molecule is Cc1ccc(SC(C(=O)O)C(C)(C)C)cc1. The third-order valence-corrected chi connectivity index (χ3v) is 3.97. The molecule has 16 heavy (non-hydrogen) atoms. The second-order valence-corrected chi connectivity index (χ2v) is 6.19. The minimum Gasteiger partial charge on any atom is -0.480 e. The van der Waals surface area contributed by atoms with E-state index in [1.165, 1.54) is 17.3 Å². The number of carboxylic acid groups (broad SMARTS) is 1. The van der Waals surface area contributed by atoms with Gasteiger partial charge in [-0.1, -0.05) is 38.5 Å². The Bertz CT molecular complexity index is 363. The summed E-state index contributed by atoms with van der Waals surface area (Å²) in [6.07, 6.45) is 0. The third kappa shape index (κ3) is 3.56. The van der Waals surface area contributed by atoms with Crippen LogP contribution < -0.4 is 0 Å². The van der Waals surface area contributed by atoms with Gasteiger partial charge in [0.1, 0.15) is 5.25 Å². The summed E-state index contributed by atoms with van der Waals surface area (Å²) < 4.78 is 0. The minimum absolute atomic E-state index is 0.249. The molecule has 1 atom stereocenters. The zero-order valence-electron chi connectivity index (χ0n) is 10.2. The van der Waals surface area contributed by atoms with E-state index >= 15 is 0 Å². The Kier molecular flexibility index (Phi) is 4.03. The maximum Gasteiger partial charge on any atom is 0.317 e. The van der Waals surface area contributed by atoms with Crippen LogP contribution in [0.2, 0.25) is 0 Å². The molecule has 0 fully saturated rings. The fourth-order valence-electron chi connectivity index (χ4n) is 1.35. The molecule has 88 valence electrons. The first kappa shape index (κ1) is 13.1. The Morgan fingerprint density at radius 3 is 2.12 bits per heavy atom. The molecule has 1 N–H and O–H groups in total. The Hall–Kier alpha value is -0.960. The molecule has 1 unspecified atom stereocenters. The van der Waals surface area contributed by atoms with E-state index in [2.05, 4.69) is 0 Å². The van der Waals surface area contributed by atoms with Gasteiger partial charge >= 0.3 is 5.97 Å². The van der Waals surface area contributed by atoms with Crippen LogP contribution in [0.5, 0.6) is 0 Å². The van der Waals surface area contributed by atoms with Crippen molar-refractivity contribution in [1.82, 2.24) is 0 Å². The lowest BCUT2D eigenvalue weighted by Crippen LogP contribution is -2.31. The van der Waals surface area contributed by atoms with Crippen molar-refractivity contribution >= 4 is 17.7 Å². The highest BCUT2D eigenvalue weighted by Crippen LogP contribution is 2.35. The fraction of sp³-hybridized carbons (Fsp3) is 0.462. The topological polar surface area (TPSA) is 37.3 Å². The van der Waals surface area contributed by atoms with Crippen LogP contribution in [0.25, 0.3) is 0 Å². The first-order valence-corrected chi connectivity index (χ1v) is 6.15. The van der Waals surface area contributed by atoms with Crippen molar-refractivity contribution in [2.24, 2.45) is 5.41 Å². The maximum absolute atomic E-state index is 11.2. The lowest BCUT2D eigenvalue weighted by Gasteiger charge is -2.26. The number of carbonyl (C=O) groups is 1. The minimum atomic E-state index is -0.752. The third-order valence-electron chi connectivity index (χ3n) is 2.29. The van der Waals surface area contributed by atoms with E-state index < -0.39 is 11.2 Å². The molecule has 0 bridgehead atoms. The van der Waals surface area contributed by atoms with Gasteiger partial charge in [0.05, 0.1) is 0 Å². The number of carboxylic acids is 1. The highest BCUT2D eigenvalue weighted by atomic mass is 32.2. The van der Waals surface area contributed by atoms with Crippen molar-refractivity contribution in [3.63, 3.8) is 0 Å². The molecular formula is C13H18O2S. The zero-order valence-corrected chi connectivity index (χ0v) is 11.0. The number of aliphatic carboxylic acids is 1. The molecule has 1 rings (SSSR count). The van der Waals surface area contributed by atoms with Crippen LogP contribution in [0.15, 0.2) is 29.2 Å². The van der Waals surface area contributed by atoms with Crippen LogP contribution in [-0.2, 0) is 4.79 Å². The maximum atomic E-state index is 11.2. The molecule has 0 radical (unpaired) electrons. The quantitative estimate of drug-likeness (QED) is 0.818. The van der Waals surface area contributed by atoms with E-state index in [-0.39, 0.29) is 5.41 Å². The molecule has 0 aromatic heterocycles. The second-order valence-electron chi connectivity index (χ2n) is 5.02. The normalized spacial score (nSPS) is 13.5. The van der Waals surface area contributed by atoms with Crippen molar-refractivity contribution in [1.29, 1.82) is 0 Å². The Balaban J connectivity index is 2.84. The summed E-state index contributed by atoms with van der Waals surface area (Å²) >= 11 is 1.41. The van der Waals surface area contributed by atoms with E-state index in [9.17, 15) is 9.90 Å². The van der Waals surface area contributed by atoms with Crippen LogP contribution in [0.4, 0.5) is 0 Å².